The second-order valence-corrected chi connectivity index (χ2v) is 9.96. The highest BCUT2D eigenvalue weighted by atomic mass is 35.5. The number of rotatable bonds is 4. The number of carbonyl (C=O) groups is 2. The standard InChI is InChI=1S/C23H29ClF3N5O2/c1-22(2,3)18(21(34)28-4)30-20(33)17-16-12-31(5)9-6-10-32(16)19(29-17)13-7-8-14(15(24)11-13)23(25,26)27/h7-8,11,18H,6,9-10,12H2,1-5H3,(H,28,34)(H,30,33). The summed E-state index contributed by atoms with van der Waals surface area (Å²) in [4.78, 5) is 32.4. The van der Waals surface area contributed by atoms with Gasteiger partial charge < -0.3 is 20.1 Å². The first-order chi connectivity index (χ1) is 15.7. The zero-order valence-electron chi connectivity index (χ0n) is 19.8. The number of nitrogens with one attached hydrogen (secondary N) is 2. The van der Waals surface area contributed by atoms with E-state index in [9.17, 15) is 22.8 Å². The molecule has 34 heavy (non-hydrogen) atoms. The molecule has 2 N–H and O–H groups in total. The fourth-order valence-electron chi connectivity index (χ4n) is 4.03. The molecule has 1 unspecified atom stereocenters. The number of halogens is 4. The molecular weight excluding hydrogens is 471 g/mol. The lowest BCUT2D eigenvalue weighted by atomic mass is 9.86. The van der Waals surface area contributed by atoms with Crippen LogP contribution >= 0.6 is 11.6 Å². The second kappa shape index (κ2) is 9.58. The molecule has 0 spiro atoms. The van der Waals surface area contributed by atoms with Crippen molar-refractivity contribution < 1.29 is 22.8 Å². The van der Waals surface area contributed by atoms with Crippen LogP contribution in [-0.2, 0) is 24.1 Å². The van der Waals surface area contributed by atoms with Gasteiger partial charge >= 0.3 is 6.18 Å². The third kappa shape index (κ3) is 5.38. The minimum atomic E-state index is -4.57. The molecule has 1 aromatic carbocycles. The van der Waals surface area contributed by atoms with Crippen LogP contribution < -0.4 is 10.6 Å². The molecule has 0 saturated carbocycles. The summed E-state index contributed by atoms with van der Waals surface area (Å²) in [7, 11) is 3.42. The molecule has 1 aromatic heterocycles. The Morgan fingerprint density at radius 2 is 1.85 bits per heavy atom. The summed E-state index contributed by atoms with van der Waals surface area (Å²) >= 11 is 5.95. The van der Waals surface area contributed by atoms with Gasteiger partial charge in [-0.05, 0) is 37.6 Å². The Balaban J connectivity index is 2.09. The van der Waals surface area contributed by atoms with Crippen molar-refractivity contribution in [2.75, 3.05) is 20.6 Å². The Labute approximate surface area is 201 Å². The molecule has 0 radical (unpaired) electrons. The molecule has 2 amide bonds. The zero-order chi connectivity index (χ0) is 25.4. The predicted octanol–water partition coefficient (Wildman–Crippen LogP) is 3.95. The van der Waals surface area contributed by atoms with E-state index in [-0.39, 0.29) is 11.6 Å². The molecule has 0 bridgehead atoms. The fourth-order valence-corrected chi connectivity index (χ4v) is 4.31. The van der Waals surface area contributed by atoms with Crippen molar-refractivity contribution in [2.24, 2.45) is 5.41 Å². The van der Waals surface area contributed by atoms with Gasteiger partial charge in [0.2, 0.25) is 5.91 Å². The van der Waals surface area contributed by atoms with Gasteiger partial charge in [0.05, 0.1) is 16.3 Å². The van der Waals surface area contributed by atoms with E-state index in [1.807, 2.05) is 37.3 Å². The van der Waals surface area contributed by atoms with Crippen LogP contribution in [0.4, 0.5) is 13.2 Å². The summed E-state index contributed by atoms with van der Waals surface area (Å²) in [6.45, 7) is 7.24. The number of amides is 2. The van der Waals surface area contributed by atoms with Gasteiger partial charge in [0.1, 0.15) is 11.9 Å². The topological polar surface area (TPSA) is 79.3 Å². The van der Waals surface area contributed by atoms with E-state index in [4.69, 9.17) is 11.6 Å². The number of likely N-dealkylation sites (N-methyl/N-ethyl adjacent to an activating group) is 1. The summed E-state index contributed by atoms with van der Waals surface area (Å²) in [6, 6.07) is 2.64. The van der Waals surface area contributed by atoms with E-state index in [0.29, 0.717) is 30.2 Å². The normalized spacial score (nSPS) is 15.9. The number of hydrogen-bond donors (Lipinski definition) is 2. The Morgan fingerprint density at radius 1 is 1.18 bits per heavy atom. The van der Waals surface area contributed by atoms with E-state index in [2.05, 4.69) is 15.6 Å². The van der Waals surface area contributed by atoms with Crippen LogP contribution in [0.1, 0.15) is 48.9 Å². The maximum atomic E-state index is 13.3. The molecular formula is C23H29ClF3N5O2. The van der Waals surface area contributed by atoms with E-state index >= 15 is 0 Å². The average Bonchev–Trinajstić information content (AvgIpc) is 2.96. The van der Waals surface area contributed by atoms with E-state index < -0.39 is 34.1 Å². The minimum absolute atomic E-state index is 0.137. The quantitative estimate of drug-likeness (QED) is 0.667. The molecule has 0 saturated heterocycles. The molecule has 186 valence electrons. The Hall–Kier alpha value is -2.59. The molecule has 2 heterocycles. The van der Waals surface area contributed by atoms with Crippen LogP contribution in [0.25, 0.3) is 11.4 Å². The van der Waals surface area contributed by atoms with Crippen molar-refractivity contribution in [3.63, 3.8) is 0 Å². The van der Waals surface area contributed by atoms with Gasteiger partial charge in [-0.3, -0.25) is 9.59 Å². The lowest BCUT2D eigenvalue weighted by Gasteiger charge is -2.29. The number of aromatic nitrogens is 2. The van der Waals surface area contributed by atoms with Crippen molar-refractivity contribution in [2.45, 2.75) is 52.5 Å². The molecule has 3 rings (SSSR count). The minimum Gasteiger partial charge on any atom is -0.357 e. The molecule has 11 heteroatoms. The van der Waals surface area contributed by atoms with Crippen LogP contribution in [0.3, 0.4) is 0 Å². The van der Waals surface area contributed by atoms with Gasteiger partial charge in [-0.15, -0.1) is 0 Å². The first-order valence-electron chi connectivity index (χ1n) is 10.9. The van der Waals surface area contributed by atoms with Gasteiger partial charge in [-0.1, -0.05) is 38.4 Å². The summed E-state index contributed by atoms with van der Waals surface area (Å²) in [5.74, 6) is -0.497. The third-order valence-electron chi connectivity index (χ3n) is 5.81. The molecule has 2 aromatic rings. The van der Waals surface area contributed by atoms with Gasteiger partial charge in [0.15, 0.2) is 5.69 Å². The van der Waals surface area contributed by atoms with Gasteiger partial charge in [-0.25, -0.2) is 4.98 Å². The number of imidazole rings is 1. The van der Waals surface area contributed by atoms with Crippen molar-refractivity contribution >= 4 is 23.4 Å². The number of alkyl halides is 3. The third-order valence-corrected chi connectivity index (χ3v) is 6.12. The highest BCUT2D eigenvalue weighted by molar-refractivity contribution is 6.31. The molecule has 0 aliphatic carbocycles. The lowest BCUT2D eigenvalue weighted by Crippen LogP contribution is -2.53. The van der Waals surface area contributed by atoms with Crippen LogP contribution in [-0.4, -0.2) is 52.9 Å². The molecule has 1 aliphatic heterocycles. The monoisotopic (exact) mass is 499 g/mol. The fraction of sp³-hybridized carbons (Fsp3) is 0.522. The smallest absolute Gasteiger partial charge is 0.357 e. The summed E-state index contributed by atoms with van der Waals surface area (Å²) < 4.78 is 41.4. The number of carbonyl (C=O) groups excluding carboxylic acids is 2. The Bertz CT molecular complexity index is 1090. The van der Waals surface area contributed by atoms with Crippen molar-refractivity contribution in [1.82, 2.24) is 25.1 Å². The molecule has 1 aliphatic rings. The van der Waals surface area contributed by atoms with Crippen LogP contribution in [0, 0.1) is 5.41 Å². The van der Waals surface area contributed by atoms with E-state index in [0.717, 1.165) is 19.0 Å². The maximum absolute atomic E-state index is 13.3. The Kier molecular flexibility index (Phi) is 7.33. The van der Waals surface area contributed by atoms with Gasteiger partial charge in [-0.2, -0.15) is 13.2 Å². The summed E-state index contributed by atoms with van der Waals surface area (Å²) in [6.07, 6.45) is -3.81. The van der Waals surface area contributed by atoms with Crippen molar-refractivity contribution in [1.29, 1.82) is 0 Å². The van der Waals surface area contributed by atoms with Gasteiger partial charge in [0.25, 0.3) is 5.91 Å². The predicted molar refractivity (Wildman–Crippen MR) is 123 cm³/mol. The van der Waals surface area contributed by atoms with Crippen molar-refractivity contribution in [3.8, 4) is 11.4 Å². The number of benzene rings is 1. The lowest BCUT2D eigenvalue weighted by molar-refractivity contribution is -0.137. The SMILES string of the molecule is CNC(=O)C(NC(=O)c1nc(-c2ccc(C(F)(F)F)c(Cl)c2)n2c1CN(C)CCC2)C(C)(C)C. The number of nitrogens with zero attached hydrogens (tertiary/aromatic N) is 3. The number of fused-ring (bicyclic) bond motifs is 1. The molecule has 7 nitrogen and oxygen atoms in total. The maximum Gasteiger partial charge on any atom is 0.417 e. The first kappa shape index (κ1) is 26.0. The molecule has 0 fully saturated rings. The average molecular weight is 500 g/mol. The van der Waals surface area contributed by atoms with Gasteiger partial charge in [0, 0.05) is 25.7 Å². The summed E-state index contributed by atoms with van der Waals surface area (Å²) in [5, 5.41) is 4.92. The Morgan fingerprint density at radius 3 is 2.41 bits per heavy atom. The second-order valence-electron chi connectivity index (χ2n) is 9.55. The highest BCUT2D eigenvalue weighted by Gasteiger charge is 2.36. The van der Waals surface area contributed by atoms with E-state index in [1.54, 1.807) is 0 Å². The molecule has 1 atom stereocenters. The summed E-state index contributed by atoms with van der Waals surface area (Å²) in [5.41, 5.74) is -0.350. The van der Waals surface area contributed by atoms with Crippen LogP contribution in [0.15, 0.2) is 18.2 Å². The first-order valence-corrected chi connectivity index (χ1v) is 11.3. The zero-order valence-corrected chi connectivity index (χ0v) is 20.6. The van der Waals surface area contributed by atoms with Crippen LogP contribution in [0.2, 0.25) is 5.02 Å². The van der Waals surface area contributed by atoms with Crippen molar-refractivity contribution in [3.05, 3.63) is 40.2 Å². The van der Waals surface area contributed by atoms with Crippen LogP contribution in [0.5, 0.6) is 0 Å². The highest BCUT2D eigenvalue weighted by Crippen LogP contribution is 2.37. The number of hydrogen-bond acceptors (Lipinski definition) is 4. The van der Waals surface area contributed by atoms with E-state index in [1.165, 1.54) is 19.2 Å². The largest absolute Gasteiger partial charge is 0.417 e.